The van der Waals surface area contributed by atoms with E-state index in [4.69, 9.17) is 27.1 Å². The second kappa shape index (κ2) is 11.3. The summed E-state index contributed by atoms with van der Waals surface area (Å²) >= 11 is 6.34. The van der Waals surface area contributed by atoms with Crippen LogP contribution < -0.4 is 11.1 Å². The molecule has 0 saturated carbocycles. The van der Waals surface area contributed by atoms with Gasteiger partial charge in [-0.25, -0.2) is 18.6 Å². The van der Waals surface area contributed by atoms with Gasteiger partial charge >= 0.3 is 6.09 Å². The van der Waals surface area contributed by atoms with E-state index in [9.17, 15) is 18.7 Å². The molecule has 0 bridgehead atoms. The average Bonchev–Trinajstić information content (AvgIpc) is 3.23. The average molecular weight is 583 g/mol. The van der Waals surface area contributed by atoms with E-state index in [1.807, 2.05) is 0 Å². The highest BCUT2D eigenvalue weighted by atomic mass is 35.5. The molecule has 0 aliphatic heterocycles. The molecule has 0 unspecified atom stereocenters. The monoisotopic (exact) mass is 582 g/mol. The van der Waals surface area contributed by atoms with Crippen LogP contribution in [0.25, 0.3) is 16.8 Å². The van der Waals surface area contributed by atoms with Gasteiger partial charge in [0.25, 0.3) is 0 Å². The maximum Gasteiger partial charge on any atom is 0.408 e. The maximum atomic E-state index is 14.1. The van der Waals surface area contributed by atoms with Crippen LogP contribution in [0.3, 0.4) is 0 Å². The topological polar surface area (TPSA) is 128 Å². The number of carbonyl (C=O) groups is 1. The van der Waals surface area contributed by atoms with Gasteiger partial charge in [-0.1, -0.05) is 17.5 Å². The molecule has 0 fully saturated rings. The van der Waals surface area contributed by atoms with Gasteiger partial charge in [0.05, 0.1) is 11.7 Å². The molecule has 0 spiro atoms. The van der Waals surface area contributed by atoms with Crippen molar-refractivity contribution in [3.63, 3.8) is 0 Å². The molecule has 0 aliphatic carbocycles. The van der Waals surface area contributed by atoms with E-state index < -0.39 is 35.0 Å². The summed E-state index contributed by atoms with van der Waals surface area (Å²) in [5, 5.41) is 21.3. The first kappa shape index (κ1) is 29.7. The molecule has 12 heteroatoms. The highest BCUT2D eigenvalue weighted by molar-refractivity contribution is 6.30. The molecule has 214 valence electrons. The third-order valence-corrected chi connectivity index (χ3v) is 5.92. The fourth-order valence-electron chi connectivity index (χ4n) is 4.08. The lowest BCUT2D eigenvalue weighted by molar-refractivity contribution is 0.0502. The molecule has 3 aromatic heterocycles. The first-order valence-corrected chi connectivity index (χ1v) is 13.0. The summed E-state index contributed by atoms with van der Waals surface area (Å²) in [6, 6.07) is 8.79. The fraction of sp³-hybridized carbons (Fsp3) is 0.310. The van der Waals surface area contributed by atoms with Crippen molar-refractivity contribution in [3.05, 3.63) is 76.2 Å². The Morgan fingerprint density at radius 1 is 1.10 bits per heavy atom. The summed E-state index contributed by atoms with van der Waals surface area (Å²) in [7, 11) is 0. The van der Waals surface area contributed by atoms with Crippen molar-refractivity contribution in [2.45, 2.75) is 58.3 Å². The lowest BCUT2D eigenvalue weighted by Gasteiger charge is -2.25. The summed E-state index contributed by atoms with van der Waals surface area (Å²) in [5.74, 6) is 4.07. The number of ether oxygens (including phenoxy) is 1. The number of benzene rings is 1. The fourth-order valence-corrected chi connectivity index (χ4v) is 4.31. The number of amides is 1. The van der Waals surface area contributed by atoms with Crippen LogP contribution in [0.15, 0.2) is 42.5 Å². The number of carbonyl (C=O) groups excluding carboxylic acids is 1. The van der Waals surface area contributed by atoms with Gasteiger partial charge in [0.15, 0.2) is 5.65 Å². The van der Waals surface area contributed by atoms with Crippen molar-refractivity contribution >= 4 is 29.3 Å². The number of rotatable bonds is 5. The molecule has 4 aromatic rings. The van der Waals surface area contributed by atoms with Crippen LogP contribution in [-0.2, 0) is 11.2 Å². The van der Waals surface area contributed by atoms with Crippen molar-refractivity contribution in [3.8, 4) is 23.0 Å². The van der Waals surface area contributed by atoms with Gasteiger partial charge in [-0.3, -0.25) is 4.40 Å². The highest BCUT2D eigenvalue weighted by Gasteiger charge is 2.26. The zero-order valence-electron chi connectivity index (χ0n) is 23.1. The highest BCUT2D eigenvalue weighted by Crippen LogP contribution is 2.34. The minimum absolute atomic E-state index is 0.0605. The smallest absolute Gasteiger partial charge is 0.408 e. The van der Waals surface area contributed by atoms with E-state index in [1.54, 1.807) is 45.0 Å². The van der Waals surface area contributed by atoms with Crippen LogP contribution in [0.4, 0.5) is 19.5 Å². The zero-order chi connectivity index (χ0) is 30.1. The van der Waals surface area contributed by atoms with Gasteiger partial charge in [-0.05, 0) is 88.9 Å². The van der Waals surface area contributed by atoms with Crippen molar-refractivity contribution in [1.82, 2.24) is 24.9 Å². The Morgan fingerprint density at radius 3 is 2.39 bits per heavy atom. The first-order chi connectivity index (χ1) is 19.1. The van der Waals surface area contributed by atoms with Crippen LogP contribution in [0.1, 0.15) is 57.6 Å². The molecule has 0 radical (unpaired) electrons. The first-order valence-electron chi connectivity index (χ1n) is 12.6. The van der Waals surface area contributed by atoms with Crippen LogP contribution in [0.5, 0.6) is 0 Å². The van der Waals surface area contributed by atoms with Gasteiger partial charge in [-0.2, -0.15) is 0 Å². The summed E-state index contributed by atoms with van der Waals surface area (Å²) in [4.78, 5) is 17.7. The second-order valence-corrected chi connectivity index (χ2v) is 11.3. The number of nitrogen functional groups attached to an aromatic ring is 1. The largest absolute Gasteiger partial charge is 0.444 e. The number of nitrogens with one attached hydrogen (secondary N) is 1. The summed E-state index contributed by atoms with van der Waals surface area (Å²) in [6.45, 7) is 8.18. The number of aromatic nitrogens is 4. The lowest BCUT2D eigenvalue weighted by Crippen LogP contribution is -2.36. The Labute approximate surface area is 240 Å². The molecular formula is C29H29ClF2N6O3. The molecular weight excluding hydrogens is 554 g/mol. The van der Waals surface area contributed by atoms with Gasteiger partial charge < -0.3 is 20.9 Å². The van der Waals surface area contributed by atoms with Crippen LogP contribution in [0.2, 0.25) is 5.15 Å². The molecule has 9 nitrogen and oxygen atoms in total. The number of fused-ring (bicyclic) bond motifs is 1. The maximum absolute atomic E-state index is 14.1. The predicted octanol–water partition coefficient (Wildman–Crippen LogP) is 5.24. The second-order valence-electron chi connectivity index (χ2n) is 10.9. The van der Waals surface area contributed by atoms with Crippen LogP contribution in [0, 0.1) is 23.5 Å². The van der Waals surface area contributed by atoms with E-state index in [2.05, 4.69) is 27.4 Å². The van der Waals surface area contributed by atoms with Gasteiger partial charge in [-0.15, -0.1) is 10.2 Å². The minimum atomic E-state index is -1.30. The van der Waals surface area contributed by atoms with E-state index >= 15 is 0 Å². The number of hydrogen-bond donors (Lipinski definition) is 3. The number of halogens is 3. The van der Waals surface area contributed by atoms with Crippen molar-refractivity contribution < 1.29 is 23.4 Å². The van der Waals surface area contributed by atoms with Crippen LogP contribution >= 0.6 is 11.6 Å². The normalized spacial score (nSPS) is 12.5. The SMILES string of the molecule is CC(C)(O)C#Cc1ccc(-c2ccc(Cl)n3c(N)nnc23)c([C@H](Cc2cc(F)cc(F)c2)NC(=O)OC(C)(C)C)n1. The number of nitrogens with zero attached hydrogens (tertiary/aromatic N) is 4. The van der Waals surface area contributed by atoms with Gasteiger partial charge in [0, 0.05) is 17.2 Å². The summed E-state index contributed by atoms with van der Waals surface area (Å²) in [5.41, 5.74) is 6.02. The number of hydrogen-bond acceptors (Lipinski definition) is 7. The lowest BCUT2D eigenvalue weighted by atomic mass is 9.95. The minimum Gasteiger partial charge on any atom is -0.444 e. The van der Waals surface area contributed by atoms with E-state index in [0.29, 0.717) is 16.8 Å². The summed E-state index contributed by atoms with van der Waals surface area (Å²) in [6.07, 6.45) is -0.831. The molecule has 1 aromatic carbocycles. The molecule has 41 heavy (non-hydrogen) atoms. The van der Waals surface area contributed by atoms with Gasteiger partial charge in [0.2, 0.25) is 5.95 Å². The number of aliphatic hydroxyl groups is 1. The quantitative estimate of drug-likeness (QED) is 0.217. The zero-order valence-corrected chi connectivity index (χ0v) is 23.8. The Morgan fingerprint density at radius 2 is 1.76 bits per heavy atom. The molecule has 3 heterocycles. The molecule has 4 N–H and O–H groups in total. The molecule has 0 aliphatic rings. The molecule has 4 rings (SSSR count). The number of alkyl carbamates (subject to hydrolysis) is 1. The molecule has 1 amide bonds. The Hall–Kier alpha value is -4.27. The summed E-state index contributed by atoms with van der Waals surface area (Å²) < 4.78 is 35.2. The van der Waals surface area contributed by atoms with Crippen molar-refractivity contribution in [2.75, 3.05) is 5.73 Å². The van der Waals surface area contributed by atoms with Gasteiger partial charge in [0.1, 0.15) is 33.7 Å². The number of anilines is 1. The Kier molecular flexibility index (Phi) is 8.19. The number of pyridine rings is 2. The van der Waals surface area contributed by atoms with E-state index in [-0.39, 0.29) is 34.5 Å². The third-order valence-electron chi connectivity index (χ3n) is 5.62. The van der Waals surface area contributed by atoms with Crippen molar-refractivity contribution in [2.24, 2.45) is 0 Å². The number of nitrogens with two attached hydrogens (primary N) is 1. The van der Waals surface area contributed by atoms with E-state index in [1.165, 1.54) is 30.4 Å². The van der Waals surface area contributed by atoms with E-state index in [0.717, 1.165) is 6.07 Å². The molecule has 0 saturated heterocycles. The predicted molar refractivity (Wildman–Crippen MR) is 151 cm³/mol. The third kappa shape index (κ3) is 7.48. The Balaban J connectivity index is 1.94. The standard InChI is InChI=1S/C29H29ClF2N6O3/c1-28(2,3)41-27(39)35-22(14-16-12-17(31)15-18(32)13-16)24-20(7-6-19(34-24)10-11-29(4,5)40)21-8-9-23(30)38-25(21)36-37-26(38)33/h6-9,12-13,15,22,40H,14H2,1-5H3,(H2,33,37)(H,35,39)/t22-/m0/s1. The molecule has 1 atom stereocenters. The van der Waals surface area contributed by atoms with Crippen LogP contribution in [-0.4, -0.2) is 42.0 Å². The van der Waals surface area contributed by atoms with Crippen molar-refractivity contribution in [1.29, 1.82) is 0 Å². The Bertz CT molecular complexity index is 1660.